The highest BCUT2D eigenvalue weighted by molar-refractivity contribution is 7.80. The Balaban J connectivity index is 2.84. The fourth-order valence-corrected chi connectivity index (χ4v) is 1.70. The lowest BCUT2D eigenvalue weighted by atomic mass is 10.1. The molecule has 66 valence electrons. The molecule has 0 aliphatic rings. The topological polar surface area (TPSA) is 30.9 Å². The Bertz CT molecular complexity index is 471. The van der Waals surface area contributed by atoms with Crippen molar-refractivity contribution in [2.45, 2.75) is 0 Å². The number of nitrogens with zero attached hydrogens (tertiary/aromatic N) is 1. The summed E-state index contributed by atoms with van der Waals surface area (Å²) in [7, 11) is 2.01. The number of hydrogen-bond acceptors (Lipinski definition) is 1. The molecular formula is C10H10N2S. The number of benzene rings is 1. The minimum Gasteiger partial charge on any atom is -0.389 e. The zero-order valence-corrected chi connectivity index (χ0v) is 8.14. The first-order valence-electron chi connectivity index (χ1n) is 4.04. The van der Waals surface area contributed by atoms with E-state index in [-0.39, 0.29) is 0 Å². The second kappa shape index (κ2) is 2.85. The van der Waals surface area contributed by atoms with Crippen molar-refractivity contribution in [3.05, 3.63) is 36.0 Å². The zero-order valence-electron chi connectivity index (χ0n) is 7.32. The normalized spacial score (nSPS) is 10.5. The van der Waals surface area contributed by atoms with E-state index >= 15 is 0 Å². The molecule has 2 aromatic rings. The van der Waals surface area contributed by atoms with Gasteiger partial charge in [0, 0.05) is 29.7 Å². The van der Waals surface area contributed by atoms with Gasteiger partial charge in [0.1, 0.15) is 4.99 Å². The van der Waals surface area contributed by atoms with Crippen molar-refractivity contribution in [1.82, 2.24) is 4.57 Å². The van der Waals surface area contributed by atoms with E-state index in [9.17, 15) is 0 Å². The molecule has 0 fully saturated rings. The van der Waals surface area contributed by atoms with Gasteiger partial charge in [0.15, 0.2) is 0 Å². The van der Waals surface area contributed by atoms with Crippen LogP contribution in [0, 0.1) is 0 Å². The molecule has 2 rings (SSSR count). The average molecular weight is 190 g/mol. The van der Waals surface area contributed by atoms with Gasteiger partial charge in [0.2, 0.25) is 0 Å². The van der Waals surface area contributed by atoms with E-state index < -0.39 is 0 Å². The maximum absolute atomic E-state index is 5.61. The highest BCUT2D eigenvalue weighted by atomic mass is 32.1. The van der Waals surface area contributed by atoms with E-state index in [4.69, 9.17) is 18.0 Å². The summed E-state index contributed by atoms with van der Waals surface area (Å²) < 4.78 is 2.05. The second-order valence-electron chi connectivity index (χ2n) is 3.03. The molecular weight excluding hydrogens is 180 g/mol. The minimum atomic E-state index is 0.455. The van der Waals surface area contributed by atoms with Crippen LogP contribution < -0.4 is 5.73 Å². The van der Waals surface area contributed by atoms with Crippen LogP contribution in [0.1, 0.15) is 5.56 Å². The zero-order chi connectivity index (χ0) is 9.42. The summed E-state index contributed by atoms with van der Waals surface area (Å²) >= 11 is 4.97. The fourth-order valence-electron chi connectivity index (χ4n) is 1.52. The van der Waals surface area contributed by atoms with E-state index in [0.29, 0.717) is 4.99 Å². The molecule has 2 N–H and O–H groups in total. The lowest BCUT2D eigenvalue weighted by Gasteiger charge is -2.01. The molecule has 0 spiro atoms. The van der Waals surface area contributed by atoms with Gasteiger partial charge in [-0.2, -0.15) is 0 Å². The van der Waals surface area contributed by atoms with Gasteiger partial charge >= 0.3 is 0 Å². The van der Waals surface area contributed by atoms with Gasteiger partial charge < -0.3 is 10.3 Å². The standard InChI is InChI=1S/C10H10N2S/c1-12-6-5-7-8(10(11)13)3-2-4-9(7)12/h2-6H,1H3,(H2,11,13). The third kappa shape index (κ3) is 1.21. The Morgan fingerprint density at radius 1 is 1.38 bits per heavy atom. The first-order chi connectivity index (χ1) is 6.20. The first kappa shape index (κ1) is 8.26. The molecule has 1 heterocycles. The number of aryl methyl sites for hydroxylation is 1. The van der Waals surface area contributed by atoms with E-state index in [2.05, 4.69) is 10.6 Å². The molecule has 0 saturated heterocycles. The summed E-state index contributed by atoms with van der Waals surface area (Å²) in [6, 6.07) is 8.00. The summed E-state index contributed by atoms with van der Waals surface area (Å²) in [5, 5.41) is 1.12. The van der Waals surface area contributed by atoms with Crippen LogP contribution in [0.5, 0.6) is 0 Å². The summed E-state index contributed by atoms with van der Waals surface area (Å²) in [5.41, 5.74) is 7.72. The summed E-state index contributed by atoms with van der Waals surface area (Å²) in [4.78, 5) is 0.455. The number of aromatic nitrogens is 1. The van der Waals surface area contributed by atoms with Gasteiger partial charge in [-0.25, -0.2) is 0 Å². The highest BCUT2D eigenvalue weighted by Crippen LogP contribution is 2.18. The lowest BCUT2D eigenvalue weighted by Crippen LogP contribution is -2.09. The van der Waals surface area contributed by atoms with Crippen LogP contribution in [0.3, 0.4) is 0 Å². The Hall–Kier alpha value is -1.35. The molecule has 0 radical (unpaired) electrons. The molecule has 0 aliphatic carbocycles. The maximum atomic E-state index is 5.61. The van der Waals surface area contributed by atoms with Crippen molar-refractivity contribution in [3.63, 3.8) is 0 Å². The fraction of sp³-hybridized carbons (Fsp3) is 0.100. The Morgan fingerprint density at radius 3 is 2.85 bits per heavy atom. The van der Waals surface area contributed by atoms with Crippen LogP contribution in [-0.2, 0) is 7.05 Å². The van der Waals surface area contributed by atoms with Crippen molar-refractivity contribution in [3.8, 4) is 0 Å². The third-order valence-electron chi connectivity index (χ3n) is 2.19. The Labute approximate surface area is 82.0 Å². The first-order valence-corrected chi connectivity index (χ1v) is 4.45. The van der Waals surface area contributed by atoms with Gasteiger partial charge in [-0.1, -0.05) is 24.4 Å². The molecule has 0 unspecified atom stereocenters. The summed E-state index contributed by atoms with van der Waals surface area (Å²) in [6.45, 7) is 0. The molecule has 0 saturated carbocycles. The van der Waals surface area contributed by atoms with Crippen LogP contribution in [0.2, 0.25) is 0 Å². The molecule has 0 amide bonds. The van der Waals surface area contributed by atoms with Crippen molar-refractivity contribution < 1.29 is 0 Å². The van der Waals surface area contributed by atoms with E-state index in [0.717, 1.165) is 16.5 Å². The van der Waals surface area contributed by atoms with Crippen molar-refractivity contribution in [2.75, 3.05) is 0 Å². The Kier molecular flexibility index (Phi) is 1.81. The highest BCUT2D eigenvalue weighted by Gasteiger charge is 2.04. The molecule has 0 atom stereocenters. The number of nitrogens with two attached hydrogens (primary N) is 1. The molecule has 1 aromatic carbocycles. The van der Waals surface area contributed by atoms with Gasteiger partial charge in [-0.05, 0) is 12.1 Å². The van der Waals surface area contributed by atoms with Crippen LogP contribution in [0.15, 0.2) is 30.5 Å². The predicted molar refractivity (Wildman–Crippen MR) is 58.8 cm³/mol. The lowest BCUT2D eigenvalue weighted by molar-refractivity contribution is 0.969. The van der Waals surface area contributed by atoms with Crippen molar-refractivity contribution in [2.24, 2.45) is 12.8 Å². The predicted octanol–water partition coefficient (Wildman–Crippen LogP) is 1.81. The smallest absolute Gasteiger partial charge is 0.104 e. The SMILES string of the molecule is Cn1ccc2c(C(N)=S)cccc21. The van der Waals surface area contributed by atoms with Crippen LogP contribution in [0.25, 0.3) is 10.9 Å². The van der Waals surface area contributed by atoms with E-state index in [1.807, 2.05) is 31.4 Å². The molecule has 1 aromatic heterocycles. The monoisotopic (exact) mass is 190 g/mol. The van der Waals surface area contributed by atoms with Crippen LogP contribution in [-0.4, -0.2) is 9.56 Å². The second-order valence-corrected chi connectivity index (χ2v) is 3.47. The van der Waals surface area contributed by atoms with E-state index in [1.165, 1.54) is 0 Å². The molecule has 0 bridgehead atoms. The quantitative estimate of drug-likeness (QED) is 0.695. The van der Waals surface area contributed by atoms with Gasteiger partial charge in [0.05, 0.1) is 0 Å². The van der Waals surface area contributed by atoms with Gasteiger partial charge in [0.25, 0.3) is 0 Å². The number of fused-ring (bicyclic) bond motifs is 1. The molecule has 13 heavy (non-hydrogen) atoms. The van der Waals surface area contributed by atoms with Gasteiger partial charge in [-0.15, -0.1) is 0 Å². The van der Waals surface area contributed by atoms with Gasteiger partial charge in [-0.3, -0.25) is 0 Å². The maximum Gasteiger partial charge on any atom is 0.104 e. The van der Waals surface area contributed by atoms with Crippen LogP contribution >= 0.6 is 12.2 Å². The van der Waals surface area contributed by atoms with Crippen molar-refractivity contribution >= 4 is 28.1 Å². The van der Waals surface area contributed by atoms with Crippen LogP contribution in [0.4, 0.5) is 0 Å². The average Bonchev–Trinajstić information content (AvgIpc) is 2.48. The molecule has 2 nitrogen and oxygen atoms in total. The number of thiocarbonyl (C=S) groups is 1. The third-order valence-corrected chi connectivity index (χ3v) is 2.41. The Morgan fingerprint density at radius 2 is 2.15 bits per heavy atom. The summed E-state index contributed by atoms with van der Waals surface area (Å²) in [5.74, 6) is 0. The molecule has 0 aliphatic heterocycles. The molecule has 3 heteroatoms. The van der Waals surface area contributed by atoms with Crippen molar-refractivity contribution in [1.29, 1.82) is 0 Å². The minimum absolute atomic E-state index is 0.455. The number of rotatable bonds is 1. The number of hydrogen-bond donors (Lipinski definition) is 1. The summed E-state index contributed by atoms with van der Waals surface area (Å²) in [6.07, 6.45) is 2.01. The largest absolute Gasteiger partial charge is 0.389 e. The van der Waals surface area contributed by atoms with E-state index in [1.54, 1.807) is 0 Å².